The Kier molecular flexibility index (Phi) is 15.9. The molecule has 2 nitrogen and oxygen atoms in total. The van der Waals surface area contributed by atoms with E-state index in [0.717, 1.165) is 0 Å². The molecule has 0 aromatic rings. The van der Waals surface area contributed by atoms with Gasteiger partial charge in [0.25, 0.3) is 0 Å². The second-order valence-electron chi connectivity index (χ2n) is 4.92. The van der Waals surface area contributed by atoms with Crippen LogP contribution in [0.2, 0.25) is 0 Å². The van der Waals surface area contributed by atoms with E-state index >= 15 is 0 Å². The molecule has 0 heterocycles. The minimum Gasteiger partial charge on any atom is -0.295 e. The van der Waals surface area contributed by atoms with Crippen LogP contribution in [0.25, 0.3) is 0 Å². The summed E-state index contributed by atoms with van der Waals surface area (Å²) in [4.78, 5) is 22.6. The van der Waals surface area contributed by atoms with E-state index < -0.39 is 0 Å². The smallest absolute Gasteiger partial charge is 0.167 e. The number of rotatable bonds is 12. The SMILES string of the molecule is C=C/C=C/C=C/C=C=CC(=O)C/C=C/C=C/C=C/C=C/C=C/C(=O)CC. The van der Waals surface area contributed by atoms with Crippen molar-refractivity contribution in [3.8, 4) is 0 Å². The molecule has 134 valence electrons. The maximum absolute atomic E-state index is 11.6. The Bertz CT molecular complexity index is 698. The normalized spacial score (nSPS) is 12.3. The monoisotopic (exact) mass is 346 g/mol. The van der Waals surface area contributed by atoms with Gasteiger partial charge < -0.3 is 0 Å². The Morgan fingerprint density at radius 3 is 2.00 bits per heavy atom. The third-order valence-corrected chi connectivity index (χ3v) is 2.77. The van der Waals surface area contributed by atoms with Crippen molar-refractivity contribution in [2.24, 2.45) is 0 Å². The molecule has 0 aliphatic heterocycles. The van der Waals surface area contributed by atoms with E-state index in [9.17, 15) is 9.59 Å². The molecule has 0 saturated carbocycles. The zero-order valence-electron chi connectivity index (χ0n) is 15.3. The van der Waals surface area contributed by atoms with Crippen molar-refractivity contribution in [3.63, 3.8) is 0 Å². The second-order valence-corrected chi connectivity index (χ2v) is 4.92. The van der Waals surface area contributed by atoms with Gasteiger partial charge >= 0.3 is 0 Å². The molecule has 2 heteroatoms. The predicted octanol–water partition coefficient (Wildman–Crippen LogP) is 5.72. The predicted molar refractivity (Wildman–Crippen MR) is 112 cm³/mol. The van der Waals surface area contributed by atoms with Gasteiger partial charge in [0.05, 0.1) is 0 Å². The quantitative estimate of drug-likeness (QED) is 0.257. The first-order chi connectivity index (χ1) is 12.7. The number of carbonyl (C=O) groups excluding carboxylic acids is 2. The van der Waals surface area contributed by atoms with Gasteiger partial charge in [-0.3, -0.25) is 9.59 Å². The van der Waals surface area contributed by atoms with E-state index in [1.165, 1.54) is 6.08 Å². The molecule has 0 rings (SSSR count). The van der Waals surface area contributed by atoms with Crippen LogP contribution < -0.4 is 0 Å². The molecule has 0 bridgehead atoms. The summed E-state index contributed by atoms with van der Waals surface area (Å²) in [5.74, 6) is 0.105. The Morgan fingerprint density at radius 2 is 1.35 bits per heavy atom. The molecule has 0 amide bonds. The van der Waals surface area contributed by atoms with Crippen molar-refractivity contribution in [1.82, 2.24) is 0 Å². The summed E-state index contributed by atoms with van der Waals surface area (Å²) >= 11 is 0. The molecular formula is C24H26O2. The second kappa shape index (κ2) is 18.1. The highest BCUT2D eigenvalue weighted by Crippen LogP contribution is 1.90. The van der Waals surface area contributed by atoms with Gasteiger partial charge in [-0.1, -0.05) is 98.6 Å². The van der Waals surface area contributed by atoms with Crippen LogP contribution in [0, 0.1) is 0 Å². The van der Waals surface area contributed by atoms with Gasteiger partial charge in [-0.25, -0.2) is 0 Å². The van der Waals surface area contributed by atoms with E-state index in [2.05, 4.69) is 12.3 Å². The molecule has 0 spiro atoms. The average molecular weight is 346 g/mol. The minimum absolute atomic E-state index is 0.00665. The molecular weight excluding hydrogens is 320 g/mol. The van der Waals surface area contributed by atoms with Crippen molar-refractivity contribution in [2.45, 2.75) is 19.8 Å². The van der Waals surface area contributed by atoms with Gasteiger partial charge in [0.2, 0.25) is 0 Å². The minimum atomic E-state index is -0.00665. The molecule has 0 aromatic carbocycles. The van der Waals surface area contributed by atoms with E-state index in [1.54, 1.807) is 42.5 Å². The topological polar surface area (TPSA) is 34.1 Å². The molecule has 0 unspecified atom stereocenters. The van der Waals surface area contributed by atoms with E-state index in [1.807, 2.05) is 61.6 Å². The summed E-state index contributed by atoms with van der Waals surface area (Å²) in [6.45, 7) is 5.40. The first-order valence-electron chi connectivity index (χ1n) is 8.46. The summed E-state index contributed by atoms with van der Waals surface area (Å²) in [7, 11) is 0. The maximum atomic E-state index is 11.6. The Labute approximate surface area is 157 Å². The zero-order chi connectivity index (χ0) is 19.3. The van der Waals surface area contributed by atoms with Crippen LogP contribution in [0.4, 0.5) is 0 Å². The van der Waals surface area contributed by atoms with Gasteiger partial charge in [-0.05, 0) is 12.2 Å². The molecule has 0 aliphatic carbocycles. The van der Waals surface area contributed by atoms with Crippen LogP contribution in [-0.2, 0) is 9.59 Å². The highest BCUT2D eigenvalue weighted by Gasteiger charge is 1.88. The van der Waals surface area contributed by atoms with Crippen LogP contribution in [0.15, 0.2) is 116 Å². The maximum Gasteiger partial charge on any atom is 0.167 e. The highest BCUT2D eigenvalue weighted by molar-refractivity contribution is 5.90. The molecule has 0 radical (unpaired) electrons. The standard InChI is InChI=1S/C24H26O2/c1-3-5-6-7-11-15-18-21-24(26)22-19-16-13-10-8-9-12-14-17-20-23(25)4-2/h3,5-17,19-21H,1,4,22H2,2H3/b6-5+,9-8+,11-7+,13-10+,14-12+,19-16+,20-17+. The Balaban J connectivity index is 4.07. The number of hydrogen-bond acceptors (Lipinski definition) is 2. The molecule has 0 atom stereocenters. The zero-order valence-corrected chi connectivity index (χ0v) is 15.3. The van der Waals surface area contributed by atoms with Crippen LogP contribution in [0.3, 0.4) is 0 Å². The largest absolute Gasteiger partial charge is 0.295 e. The number of carbonyl (C=O) groups is 2. The summed E-state index contributed by atoms with van der Waals surface area (Å²) in [6.07, 6.45) is 30.9. The molecule has 0 aromatic heterocycles. The number of hydrogen-bond donors (Lipinski definition) is 0. The summed E-state index contributed by atoms with van der Waals surface area (Å²) < 4.78 is 0. The highest BCUT2D eigenvalue weighted by atomic mass is 16.1. The van der Waals surface area contributed by atoms with Crippen molar-refractivity contribution < 1.29 is 9.59 Å². The van der Waals surface area contributed by atoms with E-state index in [-0.39, 0.29) is 11.6 Å². The van der Waals surface area contributed by atoms with Gasteiger partial charge in [-0.2, -0.15) is 0 Å². The van der Waals surface area contributed by atoms with Gasteiger partial charge in [-0.15, -0.1) is 5.73 Å². The van der Waals surface area contributed by atoms with Crippen LogP contribution >= 0.6 is 0 Å². The average Bonchev–Trinajstić information content (AvgIpc) is 2.65. The third kappa shape index (κ3) is 17.1. The summed E-state index contributed by atoms with van der Waals surface area (Å²) in [5.41, 5.74) is 2.81. The molecule has 0 saturated heterocycles. The molecule has 0 aliphatic rings. The molecule has 26 heavy (non-hydrogen) atoms. The van der Waals surface area contributed by atoms with Gasteiger partial charge in [0.1, 0.15) is 0 Å². The van der Waals surface area contributed by atoms with Crippen molar-refractivity contribution >= 4 is 11.6 Å². The lowest BCUT2D eigenvalue weighted by Gasteiger charge is -1.82. The van der Waals surface area contributed by atoms with Crippen LogP contribution in [-0.4, -0.2) is 11.6 Å². The van der Waals surface area contributed by atoms with Crippen LogP contribution in [0.1, 0.15) is 19.8 Å². The van der Waals surface area contributed by atoms with E-state index in [0.29, 0.717) is 12.8 Å². The summed E-state index contributed by atoms with van der Waals surface area (Å²) in [6, 6.07) is 0. The first kappa shape index (κ1) is 22.8. The number of ketones is 2. The summed E-state index contributed by atoms with van der Waals surface area (Å²) in [5, 5.41) is 0. The lowest BCUT2D eigenvalue weighted by atomic mass is 10.2. The van der Waals surface area contributed by atoms with Crippen molar-refractivity contribution in [1.29, 1.82) is 0 Å². The van der Waals surface area contributed by atoms with Crippen molar-refractivity contribution in [2.75, 3.05) is 0 Å². The molecule has 0 fully saturated rings. The first-order valence-corrected chi connectivity index (χ1v) is 8.46. The Morgan fingerprint density at radius 1 is 0.769 bits per heavy atom. The fraction of sp³-hybridized carbons (Fsp3) is 0.125. The lowest BCUT2D eigenvalue weighted by Crippen LogP contribution is -1.86. The number of allylic oxidation sites excluding steroid dienone is 16. The van der Waals surface area contributed by atoms with Crippen molar-refractivity contribution in [3.05, 3.63) is 116 Å². The molecule has 0 N–H and O–H groups in total. The van der Waals surface area contributed by atoms with Gasteiger partial charge in [0.15, 0.2) is 11.6 Å². The lowest BCUT2D eigenvalue weighted by molar-refractivity contribution is -0.114. The van der Waals surface area contributed by atoms with Gasteiger partial charge in [0, 0.05) is 18.9 Å². The van der Waals surface area contributed by atoms with Crippen LogP contribution in [0.5, 0.6) is 0 Å². The van der Waals surface area contributed by atoms with E-state index in [4.69, 9.17) is 0 Å². The fourth-order valence-corrected chi connectivity index (χ4v) is 1.45. The fourth-order valence-electron chi connectivity index (χ4n) is 1.45. The third-order valence-electron chi connectivity index (χ3n) is 2.77. The Hall–Kier alpha value is -3.22.